The van der Waals surface area contributed by atoms with Crippen LogP contribution in [0.3, 0.4) is 0 Å². The summed E-state index contributed by atoms with van der Waals surface area (Å²) < 4.78 is 5.20. The molecule has 2 unspecified atom stereocenters. The molecule has 1 N–H and O–H groups in total. The predicted molar refractivity (Wildman–Crippen MR) is 88.0 cm³/mol. The van der Waals surface area contributed by atoms with Gasteiger partial charge < -0.3 is 10.1 Å². The Morgan fingerprint density at radius 1 is 1.09 bits per heavy atom. The highest BCUT2D eigenvalue weighted by atomic mass is 16.6. The molecular formula is C18H27NO3. The van der Waals surface area contributed by atoms with E-state index in [1.807, 2.05) is 65.0 Å². The number of alkyl carbamates (subject to hydrolysis) is 1. The molecule has 0 saturated heterocycles. The Hall–Kier alpha value is -1.84. The molecule has 0 aliphatic heterocycles. The highest BCUT2D eigenvalue weighted by molar-refractivity contribution is 5.96. The zero-order valence-corrected chi connectivity index (χ0v) is 14.2. The SMILES string of the molecule is CC(CNC(=O)OC(C)(C)C)C(C)CC(=O)c1ccccc1. The van der Waals surface area contributed by atoms with Crippen LogP contribution in [0.5, 0.6) is 0 Å². The quantitative estimate of drug-likeness (QED) is 0.806. The number of benzene rings is 1. The van der Waals surface area contributed by atoms with Crippen LogP contribution in [0.4, 0.5) is 4.79 Å². The van der Waals surface area contributed by atoms with Crippen LogP contribution in [0.1, 0.15) is 51.4 Å². The zero-order valence-electron chi connectivity index (χ0n) is 14.2. The van der Waals surface area contributed by atoms with E-state index in [4.69, 9.17) is 4.74 Å². The van der Waals surface area contributed by atoms with Crippen LogP contribution in [0, 0.1) is 11.8 Å². The lowest BCUT2D eigenvalue weighted by Crippen LogP contribution is -2.36. The van der Waals surface area contributed by atoms with Crippen molar-refractivity contribution < 1.29 is 14.3 Å². The van der Waals surface area contributed by atoms with Crippen LogP contribution < -0.4 is 5.32 Å². The molecule has 122 valence electrons. The summed E-state index contributed by atoms with van der Waals surface area (Å²) in [5, 5.41) is 2.76. The van der Waals surface area contributed by atoms with Gasteiger partial charge in [-0.2, -0.15) is 0 Å². The fraction of sp³-hybridized carbons (Fsp3) is 0.556. The number of ketones is 1. The normalized spacial score (nSPS) is 14.0. The number of carbonyl (C=O) groups is 2. The molecule has 0 radical (unpaired) electrons. The number of hydrogen-bond donors (Lipinski definition) is 1. The summed E-state index contributed by atoms with van der Waals surface area (Å²) in [6.07, 6.45) is 0.0576. The van der Waals surface area contributed by atoms with Gasteiger partial charge >= 0.3 is 6.09 Å². The topological polar surface area (TPSA) is 55.4 Å². The molecule has 0 spiro atoms. The number of nitrogens with one attached hydrogen (secondary N) is 1. The monoisotopic (exact) mass is 305 g/mol. The fourth-order valence-electron chi connectivity index (χ4n) is 2.00. The Balaban J connectivity index is 2.41. The van der Waals surface area contributed by atoms with Crippen molar-refractivity contribution in [3.05, 3.63) is 35.9 Å². The standard InChI is InChI=1S/C18H27NO3/c1-13(11-16(20)15-9-7-6-8-10-15)14(2)12-19-17(21)22-18(3,4)5/h6-10,13-14H,11-12H2,1-5H3,(H,19,21). The summed E-state index contributed by atoms with van der Waals surface area (Å²) >= 11 is 0. The van der Waals surface area contributed by atoms with Crippen LogP contribution in [0.15, 0.2) is 30.3 Å². The number of rotatable bonds is 6. The summed E-state index contributed by atoms with van der Waals surface area (Å²) in [5.41, 5.74) is 0.240. The molecule has 0 aliphatic rings. The average Bonchev–Trinajstić information content (AvgIpc) is 2.43. The molecular weight excluding hydrogens is 278 g/mol. The minimum absolute atomic E-state index is 0.136. The van der Waals surface area contributed by atoms with Crippen molar-refractivity contribution >= 4 is 11.9 Å². The molecule has 0 aliphatic carbocycles. The Morgan fingerprint density at radius 3 is 2.23 bits per heavy atom. The molecule has 0 heterocycles. The second-order valence-corrected chi connectivity index (χ2v) is 6.83. The number of ether oxygens (including phenoxy) is 1. The molecule has 0 saturated carbocycles. The Kier molecular flexibility index (Phi) is 6.60. The van der Waals surface area contributed by atoms with Gasteiger partial charge in [0.1, 0.15) is 5.60 Å². The van der Waals surface area contributed by atoms with Gasteiger partial charge in [0.2, 0.25) is 0 Å². The minimum Gasteiger partial charge on any atom is -0.444 e. The first kappa shape index (κ1) is 18.2. The van der Waals surface area contributed by atoms with Gasteiger partial charge in [0, 0.05) is 18.5 Å². The lowest BCUT2D eigenvalue weighted by atomic mass is 9.89. The van der Waals surface area contributed by atoms with E-state index in [1.54, 1.807) is 0 Å². The number of carbonyl (C=O) groups excluding carboxylic acids is 2. The van der Waals surface area contributed by atoms with Crippen LogP contribution in [-0.2, 0) is 4.74 Å². The minimum atomic E-state index is -0.498. The molecule has 1 aromatic carbocycles. The van der Waals surface area contributed by atoms with Crippen molar-refractivity contribution in [1.82, 2.24) is 5.32 Å². The summed E-state index contributed by atoms with van der Waals surface area (Å²) in [7, 11) is 0. The van der Waals surface area contributed by atoms with Crippen LogP contribution in [-0.4, -0.2) is 24.0 Å². The van der Waals surface area contributed by atoms with E-state index in [1.165, 1.54) is 0 Å². The van der Waals surface area contributed by atoms with E-state index in [2.05, 4.69) is 5.32 Å². The van der Waals surface area contributed by atoms with E-state index in [0.717, 1.165) is 5.56 Å². The summed E-state index contributed by atoms with van der Waals surface area (Å²) in [6.45, 7) is 10.0. The van der Waals surface area contributed by atoms with Crippen LogP contribution >= 0.6 is 0 Å². The molecule has 2 atom stereocenters. The van der Waals surface area contributed by atoms with Gasteiger partial charge in [0.15, 0.2) is 5.78 Å². The van der Waals surface area contributed by atoms with Gasteiger partial charge in [-0.25, -0.2) is 4.79 Å². The smallest absolute Gasteiger partial charge is 0.407 e. The molecule has 22 heavy (non-hydrogen) atoms. The summed E-state index contributed by atoms with van der Waals surface area (Å²) in [4.78, 5) is 23.8. The van der Waals surface area contributed by atoms with Crippen molar-refractivity contribution in [3.63, 3.8) is 0 Å². The van der Waals surface area contributed by atoms with Crippen molar-refractivity contribution in [1.29, 1.82) is 0 Å². The zero-order chi connectivity index (χ0) is 16.8. The maximum Gasteiger partial charge on any atom is 0.407 e. The lowest BCUT2D eigenvalue weighted by Gasteiger charge is -2.23. The van der Waals surface area contributed by atoms with Crippen molar-refractivity contribution in [2.45, 2.75) is 46.6 Å². The summed E-state index contributed by atoms with van der Waals surface area (Å²) in [6, 6.07) is 9.29. The fourth-order valence-corrected chi connectivity index (χ4v) is 2.00. The van der Waals surface area contributed by atoms with Crippen molar-refractivity contribution in [2.75, 3.05) is 6.54 Å². The van der Waals surface area contributed by atoms with E-state index in [0.29, 0.717) is 13.0 Å². The number of hydrogen-bond acceptors (Lipinski definition) is 3. The molecule has 1 amide bonds. The molecule has 0 fully saturated rings. The number of Topliss-reactive ketones (excluding diaryl/α,β-unsaturated/α-hetero) is 1. The van der Waals surface area contributed by atoms with Gasteiger partial charge in [-0.05, 0) is 32.6 Å². The van der Waals surface area contributed by atoms with E-state index >= 15 is 0 Å². The van der Waals surface area contributed by atoms with E-state index in [-0.39, 0.29) is 17.6 Å². The largest absolute Gasteiger partial charge is 0.444 e. The average molecular weight is 305 g/mol. The third-order valence-corrected chi connectivity index (χ3v) is 3.54. The van der Waals surface area contributed by atoms with Gasteiger partial charge in [-0.3, -0.25) is 4.79 Å². The Morgan fingerprint density at radius 2 is 1.68 bits per heavy atom. The Bertz CT molecular complexity index is 491. The van der Waals surface area contributed by atoms with Gasteiger partial charge in [-0.1, -0.05) is 44.2 Å². The van der Waals surface area contributed by atoms with E-state index < -0.39 is 11.7 Å². The first-order chi connectivity index (χ1) is 10.2. The van der Waals surface area contributed by atoms with Crippen LogP contribution in [0.25, 0.3) is 0 Å². The first-order valence-corrected chi connectivity index (χ1v) is 7.74. The van der Waals surface area contributed by atoms with Crippen LogP contribution in [0.2, 0.25) is 0 Å². The molecule has 0 aromatic heterocycles. The molecule has 1 aromatic rings. The second kappa shape index (κ2) is 7.97. The third-order valence-electron chi connectivity index (χ3n) is 3.54. The summed E-state index contributed by atoms with van der Waals surface area (Å²) in [5.74, 6) is 0.514. The second-order valence-electron chi connectivity index (χ2n) is 6.83. The molecule has 4 heteroatoms. The number of amides is 1. The third kappa shape index (κ3) is 6.74. The van der Waals surface area contributed by atoms with Crippen molar-refractivity contribution in [3.8, 4) is 0 Å². The van der Waals surface area contributed by atoms with Gasteiger partial charge in [0.05, 0.1) is 0 Å². The maximum atomic E-state index is 12.2. The van der Waals surface area contributed by atoms with E-state index in [9.17, 15) is 9.59 Å². The highest BCUT2D eigenvalue weighted by Crippen LogP contribution is 2.18. The first-order valence-electron chi connectivity index (χ1n) is 7.74. The molecule has 1 rings (SSSR count). The molecule has 4 nitrogen and oxygen atoms in total. The van der Waals surface area contributed by atoms with Gasteiger partial charge in [-0.15, -0.1) is 0 Å². The Labute approximate surface area is 133 Å². The highest BCUT2D eigenvalue weighted by Gasteiger charge is 2.20. The maximum absolute atomic E-state index is 12.2. The van der Waals surface area contributed by atoms with Crippen molar-refractivity contribution in [2.24, 2.45) is 11.8 Å². The lowest BCUT2D eigenvalue weighted by molar-refractivity contribution is 0.0516. The molecule has 0 bridgehead atoms. The van der Waals surface area contributed by atoms with Gasteiger partial charge in [0.25, 0.3) is 0 Å². The predicted octanol–water partition coefficient (Wildman–Crippen LogP) is 4.06.